The molecule has 2 aromatic rings. The lowest BCUT2D eigenvalue weighted by molar-refractivity contribution is 0.0272. The molecule has 2 heterocycles. The van der Waals surface area contributed by atoms with Gasteiger partial charge >= 0.3 is 0 Å². The van der Waals surface area contributed by atoms with Gasteiger partial charge in [-0.3, -0.25) is 9.69 Å². The Morgan fingerprint density at radius 1 is 1.00 bits per heavy atom. The number of rotatable bonds is 9. The first-order valence-electron chi connectivity index (χ1n) is 11.8. The van der Waals surface area contributed by atoms with Crippen molar-refractivity contribution in [1.82, 2.24) is 4.90 Å². The Balaban J connectivity index is 1.73. The molecule has 0 bridgehead atoms. The first kappa shape index (κ1) is 24.0. The van der Waals surface area contributed by atoms with Gasteiger partial charge in [0.2, 0.25) is 5.75 Å². The maximum Gasteiger partial charge on any atom is 0.204 e. The maximum atomic E-state index is 13.5. The van der Waals surface area contributed by atoms with E-state index in [-0.39, 0.29) is 12.0 Å². The Hall–Kier alpha value is -3.19. The van der Waals surface area contributed by atoms with Gasteiger partial charge in [-0.2, -0.15) is 0 Å². The molecule has 1 saturated heterocycles. The van der Waals surface area contributed by atoms with E-state index in [9.17, 15) is 4.79 Å². The molecule has 2 aliphatic rings. The normalized spacial score (nSPS) is 17.8. The summed E-state index contributed by atoms with van der Waals surface area (Å²) in [6.07, 6.45) is 7.40. The number of likely N-dealkylation sites (tertiary alicyclic amines) is 1. The fourth-order valence-corrected chi connectivity index (χ4v) is 4.67. The maximum absolute atomic E-state index is 13.5. The third-order valence-electron chi connectivity index (χ3n) is 6.33. The van der Waals surface area contributed by atoms with E-state index in [2.05, 4.69) is 4.90 Å². The first-order valence-corrected chi connectivity index (χ1v) is 11.8. The lowest BCUT2D eigenvalue weighted by atomic mass is 9.99. The third-order valence-corrected chi connectivity index (χ3v) is 6.33. The molecule has 0 aliphatic carbocycles. The number of piperidine rings is 1. The number of methoxy groups -OCH3 is 3. The molecule has 0 amide bonds. The molecule has 1 atom stereocenters. The second-order valence-electron chi connectivity index (χ2n) is 8.36. The molecule has 182 valence electrons. The highest BCUT2D eigenvalue weighted by molar-refractivity contribution is 6.12. The van der Waals surface area contributed by atoms with Crippen LogP contribution in [-0.2, 0) is 6.42 Å². The van der Waals surface area contributed by atoms with Gasteiger partial charge in [0.25, 0.3) is 0 Å². The zero-order valence-electron chi connectivity index (χ0n) is 20.4. The summed E-state index contributed by atoms with van der Waals surface area (Å²) in [5.41, 5.74) is 2.08. The standard InChI is InChI=1S/C27H33NO6/c1-5-33-26-23(21(29)14-11-18-9-12-19(30-2)13-10-18)24(31-3)20-17-22(28-15-7-6-8-16-28)34-25(20)27(26)32-4/h9-14,22H,5-8,15-17H2,1-4H3. The van der Waals surface area contributed by atoms with Gasteiger partial charge in [0, 0.05) is 25.1 Å². The number of allylic oxidation sites excluding steroid dienone is 1. The summed E-state index contributed by atoms with van der Waals surface area (Å²) in [5.74, 6) is 2.42. The molecule has 7 nitrogen and oxygen atoms in total. The van der Waals surface area contributed by atoms with Gasteiger partial charge in [-0.1, -0.05) is 24.6 Å². The monoisotopic (exact) mass is 467 g/mol. The predicted octanol–water partition coefficient (Wildman–Crippen LogP) is 4.75. The molecule has 1 fully saturated rings. The van der Waals surface area contributed by atoms with Crippen molar-refractivity contribution in [1.29, 1.82) is 0 Å². The van der Waals surface area contributed by atoms with Crippen LogP contribution in [0.5, 0.6) is 28.7 Å². The van der Waals surface area contributed by atoms with Gasteiger partial charge in [0.15, 0.2) is 23.5 Å². The van der Waals surface area contributed by atoms with E-state index in [1.165, 1.54) is 12.5 Å². The van der Waals surface area contributed by atoms with E-state index in [1.54, 1.807) is 27.4 Å². The topological polar surface area (TPSA) is 66.5 Å². The molecule has 0 radical (unpaired) electrons. The van der Waals surface area contributed by atoms with E-state index in [1.807, 2.05) is 31.2 Å². The first-order chi connectivity index (χ1) is 16.6. The molecule has 7 heteroatoms. The van der Waals surface area contributed by atoms with Crippen LogP contribution in [0.4, 0.5) is 0 Å². The Bertz CT molecular complexity index is 1040. The van der Waals surface area contributed by atoms with E-state index in [0.717, 1.165) is 42.8 Å². The highest BCUT2D eigenvalue weighted by Crippen LogP contribution is 2.53. The lowest BCUT2D eigenvalue weighted by Gasteiger charge is -2.31. The molecule has 2 aromatic carbocycles. The molecule has 0 N–H and O–H groups in total. The Morgan fingerprint density at radius 2 is 1.71 bits per heavy atom. The number of hydrogen-bond acceptors (Lipinski definition) is 7. The van der Waals surface area contributed by atoms with Crippen molar-refractivity contribution in [3.05, 3.63) is 47.0 Å². The van der Waals surface area contributed by atoms with Gasteiger partial charge in [0.05, 0.1) is 27.9 Å². The fraction of sp³-hybridized carbons (Fsp3) is 0.444. The van der Waals surface area contributed by atoms with Crippen LogP contribution in [0, 0.1) is 0 Å². The summed E-state index contributed by atoms with van der Waals surface area (Å²) < 4.78 is 29.1. The van der Waals surface area contributed by atoms with Crippen molar-refractivity contribution in [3.63, 3.8) is 0 Å². The predicted molar refractivity (Wildman–Crippen MR) is 131 cm³/mol. The van der Waals surface area contributed by atoms with Crippen molar-refractivity contribution < 1.29 is 28.5 Å². The van der Waals surface area contributed by atoms with Crippen LogP contribution in [0.25, 0.3) is 6.08 Å². The molecule has 4 rings (SSSR count). The van der Waals surface area contributed by atoms with Crippen LogP contribution in [0.3, 0.4) is 0 Å². The van der Waals surface area contributed by atoms with Crippen molar-refractivity contribution in [2.75, 3.05) is 41.0 Å². The summed E-state index contributed by atoms with van der Waals surface area (Å²) in [4.78, 5) is 15.8. The fourth-order valence-electron chi connectivity index (χ4n) is 4.67. The van der Waals surface area contributed by atoms with Gasteiger partial charge in [-0.25, -0.2) is 0 Å². The minimum absolute atomic E-state index is 0.104. The van der Waals surface area contributed by atoms with Crippen LogP contribution in [0.1, 0.15) is 47.7 Å². The molecular formula is C27H33NO6. The van der Waals surface area contributed by atoms with Gasteiger partial charge in [-0.15, -0.1) is 0 Å². The Labute approximate surface area is 201 Å². The quantitative estimate of drug-likeness (QED) is 0.389. The minimum Gasteiger partial charge on any atom is -0.497 e. The highest BCUT2D eigenvalue weighted by Gasteiger charge is 2.39. The van der Waals surface area contributed by atoms with Crippen LogP contribution in [-0.4, -0.2) is 57.9 Å². The van der Waals surface area contributed by atoms with Crippen molar-refractivity contribution >= 4 is 11.9 Å². The smallest absolute Gasteiger partial charge is 0.204 e. The largest absolute Gasteiger partial charge is 0.497 e. The van der Waals surface area contributed by atoms with Crippen molar-refractivity contribution in [2.24, 2.45) is 0 Å². The Morgan fingerprint density at radius 3 is 2.32 bits per heavy atom. The van der Waals surface area contributed by atoms with Crippen molar-refractivity contribution in [3.8, 4) is 28.7 Å². The van der Waals surface area contributed by atoms with Crippen LogP contribution in [0.15, 0.2) is 30.3 Å². The van der Waals surface area contributed by atoms with Crippen LogP contribution in [0.2, 0.25) is 0 Å². The average molecular weight is 468 g/mol. The number of fused-ring (bicyclic) bond motifs is 1. The number of ether oxygens (including phenoxy) is 5. The summed E-state index contributed by atoms with van der Waals surface area (Å²) in [5, 5.41) is 0. The van der Waals surface area contributed by atoms with Crippen LogP contribution >= 0.6 is 0 Å². The third kappa shape index (κ3) is 4.71. The lowest BCUT2D eigenvalue weighted by Crippen LogP contribution is -2.41. The zero-order valence-corrected chi connectivity index (χ0v) is 20.4. The zero-order chi connectivity index (χ0) is 24.1. The second kappa shape index (κ2) is 10.8. The molecule has 2 aliphatic heterocycles. The molecule has 0 spiro atoms. The van der Waals surface area contributed by atoms with Gasteiger partial charge in [0.1, 0.15) is 17.1 Å². The number of nitrogens with zero attached hydrogens (tertiary/aromatic N) is 1. The number of carbonyl (C=O) groups is 1. The number of hydrogen-bond donors (Lipinski definition) is 0. The summed E-state index contributed by atoms with van der Waals surface area (Å²) in [6, 6.07) is 7.49. The summed E-state index contributed by atoms with van der Waals surface area (Å²) in [7, 11) is 4.77. The highest BCUT2D eigenvalue weighted by atomic mass is 16.6. The minimum atomic E-state index is -0.223. The van der Waals surface area contributed by atoms with Crippen LogP contribution < -0.4 is 23.7 Å². The van der Waals surface area contributed by atoms with Crippen molar-refractivity contribution in [2.45, 2.75) is 38.8 Å². The second-order valence-corrected chi connectivity index (χ2v) is 8.36. The number of carbonyl (C=O) groups excluding carboxylic acids is 1. The summed E-state index contributed by atoms with van der Waals surface area (Å²) in [6.45, 7) is 4.24. The van der Waals surface area contributed by atoms with E-state index in [4.69, 9.17) is 23.7 Å². The molecule has 34 heavy (non-hydrogen) atoms. The number of benzene rings is 2. The Kier molecular flexibility index (Phi) is 7.63. The van der Waals surface area contributed by atoms with E-state index in [0.29, 0.717) is 41.6 Å². The molecule has 1 unspecified atom stereocenters. The van der Waals surface area contributed by atoms with E-state index < -0.39 is 0 Å². The van der Waals surface area contributed by atoms with Gasteiger partial charge in [-0.05, 0) is 43.5 Å². The molecule has 0 aromatic heterocycles. The SMILES string of the molecule is CCOc1c(OC)c2c(c(OC)c1C(=O)C=Cc1ccc(OC)cc1)CC(N1CCCCC1)O2. The summed E-state index contributed by atoms with van der Waals surface area (Å²) >= 11 is 0. The van der Waals surface area contributed by atoms with E-state index >= 15 is 0 Å². The average Bonchev–Trinajstić information content (AvgIpc) is 3.32. The molecular weight excluding hydrogens is 434 g/mol. The van der Waals surface area contributed by atoms with Gasteiger partial charge < -0.3 is 23.7 Å². The molecule has 0 saturated carbocycles. The number of ketones is 1.